The van der Waals surface area contributed by atoms with Crippen LogP contribution in [0.5, 0.6) is 5.75 Å². The molecule has 2 N–H and O–H groups in total. The quantitative estimate of drug-likeness (QED) is 0.594. The van der Waals surface area contributed by atoms with Crippen molar-refractivity contribution >= 4 is 39.6 Å². The van der Waals surface area contributed by atoms with Gasteiger partial charge in [0.25, 0.3) is 0 Å². The summed E-state index contributed by atoms with van der Waals surface area (Å²) in [7, 11) is 2.00. The number of anilines is 3. The predicted octanol–water partition coefficient (Wildman–Crippen LogP) is 5.49. The van der Waals surface area contributed by atoms with E-state index in [4.69, 9.17) is 11.6 Å². The van der Waals surface area contributed by atoms with Gasteiger partial charge in [-0.25, -0.2) is 0 Å². The lowest BCUT2D eigenvalue weighted by Gasteiger charge is -2.24. The Hall–Kier alpha value is -2.46. The largest absolute Gasteiger partial charge is 0.506 e. The number of phenolic OH excluding ortho intramolecular Hbond substituents is 1. The molecule has 0 saturated heterocycles. The van der Waals surface area contributed by atoms with Crippen molar-refractivity contribution in [1.82, 2.24) is 4.98 Å². The molecular weight excluding hydrogens is 334 g/mol. The SMILES string of the molecule is CCCN(C)c1c(O)ccc(Nc2ccnc3cc(Cl)ccc23)c1C. The minimum Gasteiger partial charge on any atom is -0.506 e. The molecule has 3 aromatic rings. The van der Waals surface area contributed by atoms with E-state index in [0.29, 0.717) is 10.8 Å². The Morgan fingerprint density at radius 1 is 1.16 bits per heavy atom. The maximum absolute atomic E-state index is 10.3. The van der Waals surface area contributed by atoms with Gasteiger partial charge in [0.05, 0.1) is 11.2 Å². The van der Waals surface area contributed by atoms with Gasteiger partial charge in [0.15, 0.2) is 0 Å². The third-order valence-electron chi connectivity index (χ3n) is 4.32. The van der Waals surface area contributed by atoms with Crippen LogP contribution in [-0.2, 0) is 0 Å². The number of halogens is 1. The van der Waals surface area contributed by atoms with E-state index in [0.717, 1.165) is 46.5 Å². The molecule has 1 aromatic heterocycles. The molecule has 0 amide bonds. The van der Waals surface area contributed by atoms with Crippen molar-refractivity contribution in [2.75, 3.05) is 23.8 Å². The number of aromatic nitrogens is 1. The number of aromatic hydroxyl groups is 1. The monoisotopic (exact) mass is 355 g/mol. The summed E-state index contributed by atoms with van der Waals surface area (Å²) in [5.41, 5.74) is 4.62. The lowest BCUT2D eigenvalue weighted by Crippen LogP contribution is -2.19. The van der Waals surface area contributed by atoms with E-state index in [-0.39, 0.29) is 0 Å². The maximum Gasteiger partial charge on any atom is 0.139 e. The Morgan fingerprint density at radius 2 is 1.96 bits per heavy atom. The molecule has 5 heteroatoms. The number of nitrogens with zero attached hydrogens (tertiary/aromatic N) is 2. The molecule has 25 heavy (non-hydrogen) atoms. The molecule has 0 aliphatic heterocycles. The molecule has 2 aromatic carbocycles. The molecule has 0 atom stereocenters. The van der Waals surface area contributed by atoms with Crippen molar-refractivity contribution in [2.45, 2.75) is 20.3 Å². The second-order valence-corrected chi connectivity index (χ2v) is 6.61. The summed E-state index contributed by atoms with van der Waals surface area (Å²) in [4.78, 5) is 6.46. The van der Waals surface area contributed by atoms with Gasteiger partial charge in [-0.15, -0.1) is 0 Å². The fourth-order valence-corrected chi connectivity index (χ4v) is 3.29. The van der Waals surface area contributed by atoms with E-state index in [2.05, 4.69) is 22.1 Å². The molecule has 0 radical (unpaired) electrons. The normalized spacial score (nSPS) is 10.9. The van der Waals surface area contributed by atoms with E-state index in [1.54, 1.807) is 12.3 Å². The molecule has 130 valence electrons. The Balaban J connectivity index is 2.03. The van der Waals surface area contributed by atoms with Crippen LogP contribution in [0.3, 0.4) is 0 Å². The van der Waals surface area contributed by atoms with E-state index in [9.17, 15) is 5.11 Å². The van der Waals surface area contributed by atoms with Crippen LogP contribution in [0.25, 0.3) is 10.9 Å². The number of pyridine rings is 1. The smallest absolute Gasteiger partial charge is 0.139 e. The first kappa shape index (κ1) is 17.4. The predicted molar refractivity (Wildman–Crippen MR) is 106 cm³/mol. The summed E-state index contributed by atoms with van der Waals surface area (Å²) in [6, 6.07) is 11.3. The Kier molecular flexibility index (Phi) is 5.00. The average Bonchev–Trinajstić information content (AvgIpc) is 2.57. The molecule has 0 saturated carbocycles. The fourth-order valence-electron chi connectivity index (χ4n) is 3.13. The Labute approximate surface area is 153 Å². The third kappa shape index (κ3) is 3.49. The van der Waals surface area contributed by atoms with Gasteiger partial charge in [-0.05, 0) is 55.3 Å². The van der Waals surface area contributed by atoms with Crippen molar-refractivity contribution in [3.63, 3.8) is 0 Å². The van der Waals surface area contributed by atoms with E-state index in [1.165, 1.54) is 0 Å². The van der Waals surface area contributed by atoms with Crippen LogP contribution in [0, 0.1) is 6.92 Å². The summed E-state index contributed by atoms with van der Waals surface area (Å²) >= 11 is 6.07. The standard InChI is InChI=1S/C20H22ClN3O/c1-4-11-24(3)20-13(2)16(7-8-19(20)25)23-17-9-10-22-18-12-14(21)5-6-15(17)18/h5-10,12,25H,4,11H2,1-3H3,(H,22,23). The zero-order valence-electron chi connectivity index (χ0n) is 14.7. The Morgan fingerprint density at radius 3 is 2.72 bits per heavy atom. The minimum atomic E-state index is 0.297. The van der Waals surface area contributed by atoms with E-state index >= 15 is 0 Å². The van der Waals surface area contributed by atoms with E-state index < -0.39 is 0 Å². The number of fused-ring (bicyclic) bond motifs is 1. The van der Waals surface area contributed by atoms with E-state index in [1.807, 2.05) is 44.3 Å². The van der Waals surface area contributed by atoms with Crippen LogP contribution < -0.4 is 10.2 Å². The van der Waals surface area contributed by atoms with Crippen LogP contribution in [0.15, 0.2) is 42.6 Å². The van der Waals surface area contributed by atoms with Gasteiger partial charge in [0.1, 0.15) is 5.75 Å². The lowest BCUT2D eigenvalue weighted by molar-refractivity contribution is 0.474. The fraction of sp³-hybridized carbons (Fsp3) is 0.250. The molecule has 3 rings (SSSR count). The zero-order valence-corrected chi connectivity index (χ0v) is 15.4. The second-order valence-electron chi connectivity index (χ2n) is 6.17. The van der Waals surface area contributed by atoms with Crippen LogP contribution in [-0.4, -0.2) is 23.7 Å². The van der Waals surface area contributed by atoms with Gasteiger partial charge in [-0.2, -0.15) is 0 Å². The van der Waals surface area contributed by atoms with Crippen LogP contribution in [0.2, 0.25) is 5.02 Å². The highest BCUT2D eigenvalue weighted by Crippen LogP contribution is 2.37. The molecule has 0 aliphatic carbocycles. The van der Waals surface area contributed by atoms with Crippen molar-refractivity contribution in [3.05, 3.63) is 53.2 Å². The van der Waals surface area contributed by atoms with Crippen molar-refractivity contribution in [2.24, 2.45) is 0 Å². The number of nitrogens with one attached hydrogen (secondary N) is 1. The highest BCUT2D eigenvalue weighted by atomic mass is 35.5. The molecular formula is C20H22ClN3O. The summed E-state index contributed by atoms with van der Waals surface area (Å²) in [6.45, 7) is 5.03. The summed E-state index contributed by atoms with van der Waals surface area (Å²) in [5, 5.41) is 15.4. The van der Waals surface area contributed by atoms with Gasteiger partial charge in [-0.1, -0.05) is 18.5 Å². The van der Waals surface area contributed by atoms with Gasteiger partial charge >= 0.3 is 0 Å². The summed E-state index contributed by atoms with van der Waals surface area (Å²) < 4.78 is 0. The molecule has 0 aliphatic rings. The van der Waals surface area contributed by atoms with Gasteiger partial charge in [-0.3, -0.25) is 4.98 Å². The highest BCUT2D eigenvalue weighted by Gasteiger charge is 2.14. The molecule has 1 heterocycles. The van der Waals surface area contributed by atoms with Gasteiger partial charge in [0.2, 0.25) is 0 Å². The number of hydrogen-bond donors (Lipinski definition) is 2. The lowest BCUT2D eigenvalue weighted by atomic mass is 10.1. The van der Waals surface area contributed by atoms with Crippen LogP contribution in [0.4, 0.5) is 17.1 Å². The second kappa shape index (κ2) is 7.19. The van der Waals surface area contributed by atoms with Crippen molar-refractivity contribution in [3.8, 4) is 5.75 Å². The molecule has 0 spiro atoms. The molecule has 0 fully saturated rings. The Bertz CT molecular complexity index is 911. The third-order valence-corrected chi connectivity index (χ3v) is 4.56. The van der Waals surface area contributed by atoms with Crippen LogP contribution in [0.1, 0.15) is 18.9 Å². The molecule has 4 nitrogen and oxygen atoms in total. The molecule has 0 unspecified atom stereocenters. The zero-order chi connectivity index (χ0) is 18.0. The number of benzene rings is 2. The van der Waals surface area contributed by atoms with Gasteiger partial charge in [0, 0.05) is 41.6 Å². The minimum absolute atomic E-state index is 0.297. The number of hydrogen-bond acceptors (Lipinski definition) is 4. The summed E-state index contributed by atoms with van der Waals surface area (Å²) in [5.74, 6) is 0.297. The van der Waals surface area contributed by atoms with Crippen molar-refractivity contribution in [1.29, 1.82) is 0 Å². The number of rotatable bonds is 5. The van der Waals surface area contributed by atoms with Gasteiger partial charge < -0.3 is 15.3 Å². The molecule has 0 bridgehead atoms. The maximum atomic E-state index is 10.3. The first-order valence-corrected chi connectivity index (χ1v) is 8.74. The number of phenols is 1. The first-order chi connectivity index (χ1) is 12.0. The van der Waals surface area contributed by atoms with Crippen molar-refractivity contribution < 1.29 is 5.11 Å². The summed E-state index contributed by atoms with van der Waals surface area (Å²) in [6.07, 6.45) is 2.78. The average molecular weight is 356 g/mol. The topological polar surface area (TPSA) is 48.4 Å². The highest BCUT2D eigenvalue weighted by molar-refractivity contribution is 6.31. The van der Waals surface area contributed by atoms with Crippen LogP contribution >= 0.6 is 11.6 Å². The first-order valence-electron chi connectivity index (χ1n) is 8.36.